The van der Waals surface area contributed by atoms with Crippen LogP contribution in [0.25, 0.3) is 0 Å². The van der Waals surface area contributed by atoms with Crippen LogP contribution in [-0.4, -0.2) is 37.0 Å². The maximum atomic E-state index is 11.9. The minimum absolute atomic E-state index is 0.0237. The van der Waals surface area contributed by atoms with Crippen molar-refractivity contribution >= 4 is 41.0 Å². The molecule has 0 aliphatic heterocycles. The Morgan fingerprint density at radius 2 is 1.92 bits per heavy atom. The Bertz CT molecular complexity index is 608. The second-order valence-corrected chi connectivity index (χ2v) is 6.04. The van der Waals surface area contributed by atoms with E-state index in [1.54, 1.807) is 0 Å². The van der Waals surface area contributed by atoms with Gasteiger partial charge in [0.1, 0.15) is 6.54 Å². The van der Waals surface area contributed by atoms with Crippen molar-refractivity contribution in [1.82, 2.24) is 10.6 Å². The topological polar surface area (TPSA) is 84.5 Å². The first-order valence-electron chi connectivity index (χ1n) is 7.51. The number of carbonyl (C=O) groups excluding carboxylic acids is 3. The molecular formula is C16H20Cl2N2O4. The summed E-state index contributed by atoms with van der Waals surface area (Å²) in [6.07, 6.45) is 1.79. The summed E-state index contributed by atoms with van der Waals surface area (Å²) < 4.78 is 4.80. The monoisotopic (exact) mass is 374 g/mol. The van der Waals surface area contributed by atoms with Crippen molar-refractivity contribution in [3.05, 3.63) is 33.8 Å². The average Bonchev–Trinajstić information content (AvgIpc) is 2.53. The molecule has 0 unspecified atom stereocenters. The lowest BCUT2D eigenvalue weighted by Gasteiger charge is -2.12. The summed E-state index contributed by atoms with van der Waals surface area (Å²) in [5.74, 6) is -1.58. The molecule has 0 heterocycles. The number of nitrogens with one attached hydrogen (secondary N) is 2. The molecule has 0 fully saturated rings. The zero-order chi connectivity index (χ0) is 18.1. The number of carbonyl (C=O) groups is 3. The third-order valence-electron chi connectivity index (χ3n) is 3.07. The quantitative estimate of drug-likeness (QED) is 0.684. The molecular weight excluding hydrogens is 355 g/mol. The molecule has 0 radical (unpaired) electrons. The van der Waals surface area contributed by atoms with Crippen LogP contribution >= 0.6 is 23.2 Å². The molecule has 1 atom stereocenters. The molecule has 1 rings (SSSR count). The minimum atomic E-state index is -0.707. The van der Waals surface area contributed by atoms with Gasteiger partial charge < -0.3 is 15.4 Å². The van der Waals surface area contributed by atoms with E-state index in [0.717, 1.165) is 12.8 Å². The Kier molecular flexibility index (Phi) is 8.57. The molecule has 1 aromatic carbocycles. The predicted molar refractivity (Wildman–Crippen MR) is 92.3 cm³/mol. The Balaban J connectivity index is 2.34. The van der Waals surface area contributed by atoms with Gasteiger partial charge in [-0.1, -0.05) is 36.5 Å². The molecule has 2 N–H and O–H groups in total. The van der Waals surface area contributed by atoms with E-state index < -0.39 is 11.9 Å². The highest BCUT2D eigenvalue weighted by atomic mass is 35.5. The second-order valence-electron chi connectivity index (χ2n) is 5.23. The van der Waals surface area contributed by atoms with Gasteiger partial charge in [0.15, 0.2) is 6.61 Å². The fourth-order valence-electron chi connectivity index (χ4n) is 1.91. The first-order valence-corrected chi connectivity index (χ1v) is 8.27. The number of amides is 2. The van der Waals surface area contributed by atoms with Crippen LogP contribution < -0.4 is 10.6 Å². The van der Waals surface area contributed by atoms with Gasteiger partial charge in [0, 0.05) is 11.6 Å². The fraction of sp³-hybridized carbons (Fsp3) is 0.438. The van der Waals surface area contributed by atoms with E-state index in [4.69, 9.17) is 27.9 Å². The minimum Gasteiger partial charge on any atom is -0.454 e. The highest BCUT2D eigenvalue weighted by Gasteiger charge is 2.13. The van der Waals surface area contributed by atoms with E-state index >= 15 is 0 Å². The normalized spacial score (nSPS) is 11.5. The van der Waals surface area contributed by atoms with Crippen molar-refractivity contribution in [2.75, 3.05) is 13.2 Å². The number of halogens is 2. The van der Waals surface area contributed by atoms with Crippen molar-refractivity contribution in [2.24, 2.45) is 0 Å². The third-order valence-corrected chi connectivity index (χ3v) is 3.81. The van der Waals surface area contributed by atoms with Crippen molar-refractivity contribution in [3.8, 4) is 0 Å². The molecule has 0 saturated heterocycles. The number of hydrogen-bond acceptors (Lipinski definition) is 4. The summed E-state index contributed by atoms with van der Waals surface area (Å²) in [5.41, 5.74) is 0.267. The average molecular weight is 375 g/mol. The largest absolute Gasteiger partial charge is 0.454 e. The lowest BCUT2D eigenvalue weighted by atomic mass is 10.2. The van der Waals surface area contributed by atoms with Crippen molar-refractivity contribution in [2.45, 2.75) is 32.7 Å². The van der Waals surface area contributed by atoms with Gasteiger partial charge in [-0.3, -0.25) is 14.4 Å². The van der Waals surface area contributed by atoms with Crippen LogP contribution in [0.5, 0.6) is 0 Å². The SMILES string of the molecule is CCC[C@H](C)NC(=O)COC(=O)CNC(=O)c1ccc(Cl)c(Cl)c1. The van der Waals surface area contributed by atoms with Crippen molar-refractivity contribution in [1.29, 1.82) is 0 Å². The first-order chi connectivity index (χ1) is 11.3. The van der Waals surface area contributed by atoms with Crippen LogP contribution in [0.4, 0.5) is 0 Å². The van der Waals surface area contributed by atoms with Gasteiger partial charge in [0.2, 0.25) is 0 Å². The molecule has 6 nitrogen and oxygen atoms in total. The third kappa shape index (κ3) is 7.19. The Labute approximate surface area is 150 Å². The number of rotatable bonds is 8. The van der Waals surface area contributed by atoms with Crippen molar-refractivity contribution in [3.63, 3.8) is 0 Å². The van der Waals surface area contributed by atoms with Crippen LogP contribution in [0.1, 0.15) is 37.0 Å². The molecule has 132 valence electrons. The van der Waals surface area contributed by atoms with Crippen molar-refractivity contribution < 1.29 is 19.1 Å². The summed E-state index contributed by atoms with van der Waals surface area (Å²) >= 11 is 11.6. The highest BCUT2D eigenvalue weighted by molar-refractivity contribution is 6.42. The number of hydrogen-bond donors (Lipinski definition) is 2. The van der Waals surface area contributed by atoms with E-state index in [9.17, 15) is 14.4 Å². The molecule has 8 heteroatoms. The molecule has 24 heavy (non-hydrogen) atoms. The summed E-state index contributed by atoms with van der Waals surface area (Å²) in [5, 5.41) is 5.66. The van der Waals surface area contributed by atoms with E-state index in [1.165, 1.54) is 18.2 Å². The summed E-state index contributed by atoms with van der Waals surface area (Å²) in [6.45, 7) is 3.16. The van der Waals surface area contributed by atoms with Crippen LogP contribution in [0.2, 0.25) is 10.0 Å². The van der Waals surface area contributed by atoms with Crippen LogP contribution in [-0.2, 0) is 14.3 Å². The summed E-state index contributed by atoms with van der Waals surface area (Å²) in [6, 6.07) is 4.39. The molecule has 1 aromatic rings. The van der Waals surface area contributed by atoms with Gasteiger partial charge in [-0.15, -0.1) is 0 Å². The zero-order valence-electron chi connectivity index (χ0n) is 13.5. The Hall–Kier alpha value is -1.79. The van der Waals surface area contributed by atoms with Crippen LogP contribution in [0.15, 0.2) is 18.2 Å². The van der Waals surface area contributed by atoms with Crippen LogP contribution in [0.3, 0.4) is 0 Å². The predicted octanol–water partition coefficient (Wildman–Crippen LogP) is 2.57. The maximum absolute atomic E-state index is 11.9. The zero-order valence-corrected chi connectivity index (χ0v) is 15.0. The second kappa shape index (κ2) is 10.2. The smallest absolute Gasteiger partial charge is 0.325 e. The van der Waals surface area contributed by atoms with Gasteiger partial charge in [-0.25, -0.2) is 0 Å². The Morgan fingerprint density at radius 3 is 2.54 bits per heavy atom. The lowest BCUT2D eigenvalue weighted by molar-refractivity contribution is -0.147. The fourth-order valence-corrected chi connectivity index (χ4v) is 2.21. The van der Waals surface area contributed by atoms with E-state index in [-0.39, 0.29) is 35.7 Å². The number of ether oxygens (including phenoxy) is 1. The first kappa shape index (κ1) is 20.3. The molecule has 0 aromatic heterocycles. The van der Waals surface area contributed by atoms with Gasteiger partial charge in [0.05, 0.1) is 10.0 Å². The van der Waals surface area contributed by atoms with E-state index in [2.05, 4.69) is 10.6 Å². The van der Waals surface area contributed by atoms with Gasteiger partial charge >= 0.3 is 5.97 Å². The van der Waals surface area contributed by atoms with Gasteiger partial charge in [-0.2, -0.15) is 0 Å². The molecule has 0 saturated carbocycles. The standard InChI is InChI=1S/C16H20Cl2N2O4/c1-3-4-10(2)20-14(21)9-24-15(22)8-19-16(23)11-5-6-12(17)13(18)7-11/h5-7,10H,3-4,8-9H2,1-2H3,(H,19,23)(H,20,21)/t10-/m0/s1. The maximum Gasteiger partial charge on any atom is 0.325 e. The van der Waals surface area contributed by atoms with Crippen LogP contribution in [0, 0.1) is 0 Å². The van der Waals surface area contributed by atoms with E-state index in [0.29, 0.717) is 5.02 Å². The highest BCUT2D eigenvalue weighted by Crippen LogP contribution is 2.22. The van der Waals surface area contributed by atoms with Gasteiger partial charge in [0.25, 0.3) is 11.8 Å². The molecule has 0 bridgehead atoms. The molecule has 0 aliphatic carbocycles. The number of esters is 1. The molecule has 0 spiro atoms. The lowest BCUT2D eigenvalue weighted by Crippen LogP contribution is -2.37. The summed E-state index contributed by atoms with van der Waals surface area (Å²) in [4.78, 5) is 35.0. The number of benzene rings is 1. The van der Waals surface area contributed by atoms with Gasteiger partial charge in [-0.05, 0) is 31.5 Å². The molecule has 2 amide bonds. The Morgan fingerprint density at radius 1 is 1.21 bits per heavy atom. The summed E-state index contributed by atoms with van der Waals surface area (Å²) in [7, 11) is 0. The molecule has 0 aliphatic rings. The van der Waals surface area contributed by atoms with E-state index in [1.807, 2.05) is 13.8 Å².